The molecule has 1 aromatic heterocycles. The minimum absolute atomic E-state index is 0.291. The summed E-state index contributed by atoms with van der Waals surface area (Å²) in [5.74, 6) is 0. The summed E-state index contributed by atoms with van der Waals surface area (Å²) in [7, 11) is 0. The van der Waals surface area contributed by atoms with Gasteiger partial charge in [0.2, 0.25) is 5.12 Å². The maximum Gasteiger partial charge on any atom is 0.221 e. The van der Waals surface area contributed by atoms with Gasteiger partial charge in [0.1, 0.15) is 5.58 Å². The standard InChI is InChI=1S/C9H6O2S3/c10-8(13)7-5-3-4(12)1-2-6(5)11-9(7)14/h1-3,12,14H,(H,10,13). The quantitative estimate of drug-likeness (QED) is 0.671. The average Bonchev–Trinajstić information content (AvgIpc) is 2.40. The van der Waals surface area contributed by atoms with Gasteiger partial charge in [-0.05, 0) is 18.2 Å². The first-order valence-corrected chi connectivity index (χ1v) is 5.11. The molecule has 14 heavy (non-hydrogen) atoms. The molecule has 1 aromatic carbocycles. The largest absolute Gasteiger partial charge is 0.449 e. The number of thiol groups is 3. The Hall–Kier alpha value is -0.520. The summed E-state index contributed by atoms with van der Waals surface area (Å²) in [4.78, 5) is 11.9. The van der Waals surface area contributed by atoms with Crippen LogP contribution in [-0.4, -0.2) is 5.12 Å². The molecule has 0 fully saturated rings. The van der Waals surface area contributed by atoms with Crippen LogP contribution in [0.3, 0.4) is 0 Å². The minimum atomic E-state index is -0.354. The number of carbonyl (C=O) groups excluding carboxylic acids is 1. The summed E-state index contributed by atoms with van der Waals surface area (Å²) in [6, 6.07) is 5.29. The van der Waals surface area contributed by atoms with Crippen LogP contribution in [0.2, 0.25) is 0 Å². The van der Waals surface area contributed by atoms with Gasteiger partial charge >= 0.3 is 0 Å². The molecule has 2 rings (SSSR count). The number of carbonyl (C=O) groups is 1. The first kappa shape index (κ1) is 10.0. The fourth-order valence-corrected chi connectivity index (χ4v) is 2.11. The molecule has 0 amide bonds. The Morgan fingerprint density at radius 3 is 2.64 bits per heavy atom. The van der Waals surface area contributed by atoms with Crippen molar-refractivity contribution >= 4 is 54.0 Å². The second-order valence-electron chi connectivity index (χ2n) is 2.77. The van der Waals surface area contributed by atoms with E-state index >= 15 is 0 Å². The molecule has 0 bridgehead atoms. The Morgan fingerprint density at radius 1 is 1.29 bits per heavy atom. The fraction of sp³-hybridized carbons (Fsp3) is 0. The summed E-state index contributed by atoms with van der Waals surface area (Å²) in [5.41, 5.74) is 1.01. The molecule has 0 aliphatic rings. The first-order valence-electron chi connectivity index (χ1n) is 3.77. The third kappa shape index (κ3) is 1.55. The molecule has 1 heterocycles. The molecule has 0 spiro atoms. The molecular weight excluding hydrogens is 236 g/mol. The average molecular weight is 242 g/mol. The zero-order valence-corrected chi connectivity index (χ0v) is 9.57. The maximum atomic E-state index is 11.2. The summed E-state index contributed by atoms with van der Waals surface area (Å²) in [6.07, 6.45) is 0. The van der Waals surface area contributed by atoms with Gasteiger partial charge in [-0.15, -0.1) is 37.9 Å². The molecule has 0 radical (unpaired) electrons. The maximum absolute atomic E-state index is 11.2. The smallest absolute Gasteiger partial charge is 0.221 e. The molecule has 0 N–H and O–H groups in total. The molecule has 0 saturated carbocycles. The third-order valence-corrected chi connectivity index (χ3v) is 2.68. The lowest BCUT2D eigenvalue weighted by molar-refractivity contribution is 0.108. The lowest BCUT2D eigenvalue weighted by atomic mass is 10.2. The van der Waals surface area contributed by atoms with Crippen LogP contribution in [0.15, 0.2) is 32.6 Å². The number of hydrogen-bond donors (Lipinski definition) is 3. The Kier molecular flexibility index (Phi) is 2.55. The molecular formula is C9H6O2S3. The van der Waals surface area contributed by atoms with Gasteiger partial charge in [0.15, 0.2) is 5.09 Å². The third-order valence-electron chi connectivity index (χ3n) is 1.87. The Balaban J connectivity index is 2.86. The van der Waals surface area contributed by atoms with E-state index in [1.165, 1.54) is 0 Å². The Bertz CT molecular complexity index is 516. The number of hydrogen-bond acceptors (Lipinski definition) is 4. The summed E-state index contributed by atoms with van der Waals surface area (Å²) in [5, 5.41) is 0.633. The topological polar surface area (TPSA) is 30.2 Å². The van der Waals surface area contributed by atoms with Crippen molar-refractivity contribution in [3.8, 4) is 0 Å². The highest BCUT2D eigenvalue weighted by molar-refractivity contribution is 7.97. The lowest BCUT2D eigenvalue weighted by Crippen LogP contribution is -1.87. The van der Waals surface area contributed by atoms with E-state index < -0.39 is 0 Å². The molecule has 2 aromatic rings. The van der Waals surface area contributed by atoms with Crippen LogP contribution < -0.4 is 0 Å². The second kappa shape index (κ2) is 3.56. The van der Waals surface area contributed by atoms with Gasteiger partial charge in [-0.2, -0.15) is 0 Å². The first-order chi connectivity index (χ1) is 6.59. The van der Waals surface area contributed by atoms with Gasteiger partial charge < -0.3 is 4.42 Å². The predicted octanol–water partition coefficient (Wildman–Crippen LogP) is 3.08. The van der Waals surface area contributed by atoms with Crippen LogP contribution in [0, 0.1) is 0 Å². The van der Waals surface area contributed by atoms with E-state index in [9.17, 15) is 4.79 Å². The SMILES string of the molecule is O=C(S)c1c(S)oc2ccc(S)cc12. The molecule has 0 saturated heterocycles. The number of rotatable bonds is 1. The number of furan rings is 1. The van der Waals surface area contributed by atoms with Crippen molar-refractivity contribution in [2.45, 2.75) is 9.99 Å². The Morgan fingerprint density at radius 2 is 2.00 bits per heavy atom. The highest BCUT2D eigenvalue weighted by Gasteiger charge is 2.15. The summed E-state index contributed by atoms with van der Waals surface area (Å²) >= 11 is 12.0. The van der Waals surface area contributed by atoms with Crippen LogP contribution in [0.25, 0.3) is 11.0 Å². The van der Waals surface area contributed by atoms with E-state index in [1.807, 2.05) is 0 Å². The van der Waals surface area contributed by atoms with Gasteiger partial charge in [-0.3, -0.25) is 4.79 Å². The van der Waals surface area contributed by atoms with Crippen LogP contribution in [0.5, 0.6) is 0 Å². The number of fused-ring (bicyclic) bond motifs is 1. The minimum Gasteiger partial charge on any atom is -0.449 e. The summed E-state index contributed by atoms with van der Waals surface area (Å²) < 4.78 is 5.28. The normalized spacial score (nSPS) is 10.8. The van der Waals surface area contributed by atoms with Gasteiger partial charge in [-0.1, -0.05) is 0 Å². The van der Waals surface area contributed by atoms with Crippen molar-refractivity contribution in [3.63, 3.8) is 0 Å². The van der Waals surface area contributed by atoms with E-state index in [0.29, 0.717) is 21.6 Å². The van der Waals surface area contributed by atoms with Crippen molar-refractivity contribution in [2.75, 3.05) is 0 Å². The molecule has 5 heteroatoms. The van der Waals surface area contributed by atoms with Gasteiger partial charge in [0.25, 0.3) is 0 Å². The van der Waals surface area contributed by atoms with E-state index in [2.05, 4.69) is 37.9 Å². The van der Waals surface area contributed by atoms with Crippen molar-refractivity contribution < 1.29 is 9.21 Å². The van der Waals surface area contributed by atoms with E-state index in [0.717, 1.165) is 4.90 Å². The van der Waals surface area contributed by atoms with E-state index in [1.54, 1.807) is 18.2 Å². The van der Waals surface area contributed by atoms with Crippen LogP contribution in [-0.2, 0) is 0 Å². The van der Waals surface area contributed by atoms with Gasteiger partial charge in [-0.25, -0.2) is 0 Å². The molecule has 0 aliphatic heterocycles. The zero-order valence-electron chi connectivity index (χ0n) is 6.89. The molecule has 0 aliphatic carbocycles. The van der Waals surface area contributed by atoms with Crippen molar-refractivity contribution in [3.05, 3.63) is 23.8 Å². The van der Waals surface area contributed by atoms with E-state index in [4.69, 9.17) is 4.42 Å². The van der Waals surface area contributed by atoms with Crippen LogP contribution >= 0.6 is 37.9 Å². The molecule has 72 valence electrons. The summed E-state index contributed by atoms with van der Waals surface area (Å²) in [6.45, 7) is 0. The fourth-order valence-electron chi connectivity index (χ4n) is 1.28. The lowest BCUT2D eigenvalue weighted by Gasteiger charge is -1.92. The van der Waals surface area contributed by atoms with Crippen LogP contribution in [0.4, 0.5) is 0 Å². The van der Waals surface area contributed by atoms with Gasteiger partial charge in [0.05, 0.1) is 5.56 Å². The predicted molar refractivity (Wildman–Crippen MR) is 64.0 cm³/mol. The van der Waals surface area contributed by atoms with E-state index in [-0.39, 0.29) is 5.12 Å². The Labute approximate surface area is 96.9 Å². The highest BCUT2D eigenvalue weighted by Crippen LogP contribution is 2.30. The molecule has 2 nitrogen and oxygen atoms in total. The van der Waals surface area contributed by atoms with Crippen LogP contribution in [0.1, 0.15) is 10.4 Å². The highest BCUT2D eigenvalue weighted by atomic mass is 32.1. The number of benzene rings is 1. The van der Waals surface area contributed by atoms with Crippen molar-refractivity contribution in [2.24, 2.45) is 0 Å². The molecule has 0 unspecified atom stereocenters. The van der Waals surface area contributed by atoms with Crippen molar-refractivity contribution in [1.82, 2.24) is 0 Å². The zero-order chi connectivity index (χ0) is 10.3. The molecule has 0 atom stereocenters. The second-order valence-corrected chi connectivity index (χ2v) is 4.10. The van der Waals surface area contributed by atoms with Crippen molar-refractivity contribution in [1.29, 1.82) is 0 Å². The monoisotopic (exact) mass is 242 g/mol. The van der Waals surface area contributed by atoms with Gasteiger partial charge in [0, 0.05) is 10.3 Å².